The molecule has 7 heteroatoms. The van der Waals surface area contributed by atoms with E-state index in [1.54, 1.807) is 0 Å². The molecule has 0 saturated carbocycles. The van der Waals surface area contributed by atoms with E-state index in [9.17, 15) is 8.42 Å². The molecule has 0 aromatic carbocycles. The Balaban J connectivity index is 4.51. The summed E-state index contributed by atoms with van der Waals surface area (Å²) >= 11 is 11.6. The Morgan fingerprint density at radius 2 is 1.16 bits per heavy atom. The monoisotopic (exact) mass is 332 g/mol. The maximum absolute atomic E-state index is 12.0. The van der Waals surface area contributed by atoms with Gasteiger partial charge in [0.1, 0.15) is 0 Å². The Hall–Kier alpha value is 0.450. The molecule has 19 heavy (non-hydrogen) atoms. The van der Waals surface area contributed by atoms with Gasteiger partial charge in [0.25, 0.3) is 10.2 Å². The highest BCUT2D eigenvalue weighted by atomic mass is 35.5. The smallest absolute Gasteiger partial charge is 0.198 e. The summed E-state index contributed by atoms with van der Waals surface area (Å²) in [6.45, 7) is 8.12. The van der Waals surface area contributed by atoms with Crippen LogP contribution in [-0.4, -0.2) is 32.3 Å². The van der Waals surface area contributed by atoms with E-state index < -0.39 is 10.2 Å². The lowest BCUT2D eigenvalue weighted by atomic mass is 10.1. The minimum absolute atomic E-state index is 0.255. The molecule has 0 aliphatic heterocycles. The van der Waals surface area contributed by atoms with Gasteiger partial charge in [-0.1, -0.05) is 27.7 Å². The molecule has 0 rings (SSSR count). The molecule has 0 unspecified atom stereocenters. The van der Waals surface area contributed by atoms with Crippen LogP contribution in [0.3, 0.4) is 0 Å². The summed E-state index contributed by atoms with van der Waals surface area (Å²) in [5.74, 6) is 1.28. The second-order valence-electron chi connectivity index (χ2n) is 5.70. The SMILES string of the molecule is CC(C)C[C@@H](CCl)NS(=O)(=O)N[C@H](CCl)CC(C)C. The van der Waals surface area contributed by atoms with E-state index in [1.165, 1.54) is 0 Å². The van der Waals surface area contributed by atoms with E-state index in [1.807, 2.05) is 27.7 Å². The van der Waals surface area contributed by atoms with E-state index in [-0.39, 0.29) is 23.8 Å². The number of halogens is 2. The van der Waals surface area contributed by atoms with Crippen molar-refractivity contribution in [3.05, 3.63) is 0 Å². The highest BCUT2D eigenvalue weighted by molar-refractivity contribution is 7.87. The quantitative estimate of drug-likeness (QED) is 0.604. The van der Waals surface area contributed by atoms with Gasteiger partial charge in [0.15, 0.2) is 0 Å². The predicted molar refractivity (Wildman–Crippen MR) is 83.1 cm³/mol. The van der Waals surface area contributed by atoms with E-state index in [0.29, 0.717) is 24.7 Å². The summed E-state index contributed by atoms with van der Waals surface area (Å²) in [5.41, 5.74) is 0. The van der Waals surface area contributed by atoms with Gasteiger partial charge in [-0.25, -0.2) is 0 Å². The van der Waals surface area contributed by atoms with Crippen LogP contribution in [0.15, 0.2) is 0 Å². The van der Waals surface area contributed by atoms with E-state index in [4.69, 9.17) is 23.2 Å². The standard InChI is InChI=1S/C12H26Cl2N2O2S/c1-9(2)5-11(7-13)15-19(17,18)16-12(8-14)6-10(3)4/h9-12,15-16H,5-8H2,1-4H3/t11-,12-/m0/s1. The largest absolute Gasteiger partial charge is 0.277 e. The number of nitrogens with one attached hydrogen (secondary N) is 2. The number of rotatable bonds is 10. The Kier molecular flexibility index (Phi) is 9.62. The fourth-order valence-corrected chi connectivity index (χ4v) is 3.79. The first-order valence-corrected chi connectivity index (χ1v) is 9.16. The molecule has 0 aromatic rings. The fraction of sp³-hybridized carbons (Fsp3) is 1.00. The van der Waals surface area contributed by atoms with Gasteiger partial charge in [0.2, 0.25) is 0 Å². The molecule has 0 aliphatic rings. The maximum atomic E-state index is 12.0. The second-order valence-corrected chi connectivity index (χ2v) is 7.80. The van der Waals surface area contributed by atoms with E-state index in [0.717, 1.165) is 0 Å². The van der Waals surface area contributed by atoms with Crippen molar-refractivity contribution in [1.29, 1.82) is 0 Å². The van der Waals surface area contributed by atoms with Crippen LogP contribution in [0.2, 0.25) is 0 Å². The molecule has 0 spiro atoms. The molecule has 4 nitrogen and oxygen atoms in total. The molecule has 2 N–H and O–H groups in total. The summed E-state index contributed by atoms with van der Waals surface area (Å²) in [4.78, 5) is 0. The van der Waals surface area contributed by atoms with Crippen molar-refractivity contribution < 1.29 is 8.42 Å². The van der Waals surface area contributed by atoms with Crippen LogP contribution in [0.25, 0.3) is 0 Å². The van der Waals surface area contributed by atoms with Crippen molar-refractivity contribution in [3.63, 3.8) is 0 Å². The van der Waals surface area contributed by atoms with E-state index >= 15 is 0 Å². The Morgan fingerprint density at radius 3 is 1.37 bits per heavy atom. The minimum Gasteiger partial charge on any atom is -0.198 e. The van der Waals surface area contributed by atoms with Crippen LogP contribution in [0.5, 0.6) is 0 Å². The van der Waals surface area contributed by atoms with Gasteiger partial charge in [-0.15, -0.1) is 23.2 Å². The molecular weight excluding hydrogens is 307 g/mol. The third-order valence-corrected chi connectivity index (χ3v) is 4.56. The van der Waals surface area contributed by atoms with Gasteiger partial charge in [0, 0.05) is 23.8 Å². The Morgan fingerprint density at radius 1 is 0.842 bits per heavy atom. The van der Waals surface area contributed by atoms with Crippen molar-refractivity contribution in [2.75, 3.05) is 11.8 Å². The average molecular weight is 333 g/mol. The van der Waals surface area contributed by atoms with Crippen molar-refractivity contribution >= 4 is 33.4 Å². The summed E-state index contributed by atoms with van der Waals surface area (Å²) in [5, 5.41) is 0. The van der Waals surface area contributed by atoms with Crippen molar-refractivity contribution in [3.8, 4) is 0 Å². The molecule has 2 atom stereocenters. The summed E-state index contributed by atoms with van der Waals surface area (Å²) in [6.07, 6.45) is 1.42. The third kappa shape index (κ3) is 9.91. The van der Waals surface area contributed by atoms with Gasteiger partial charge < -0.3 is 0 Å². The summed E-state index contributed by atoms with van der Waals surface area (Å²) in [7, 11) is -3.56. The zero-order valence-corrected chi connectivity index (χ0v) is 14.4. The third-order valence-electron chi connectivity index (χ3n) is 2.53. The highest BCUT2D eigenvalue weighted by Crippen LogP contribution is 2.09. The molecule has 0 aliphatic carbocycles. The fourth-order valence-electron chi connectivity index (χ4n) is 1.90. The minimum atomic E-state index is -3.56. The Bertz CT molecular complexity index is 309. The predicted octanol–water partition coefficient (Wildman–Crippen LogP) is 2.72. The lowest BCUT2D eigenvalue weighted by molar-refractivity contribution is 0.459. The molecule has 0 aromatic heterocycles. The van der Waals surface area contributed by atoms with E-state index in [2.05, 4.69) is 9.44 Å². The van der Waals surface area contributed by atoms with Crippen molar-refractivity contribution in [2.45, 2.75) is 52.6 Å². The van der Waals surface area contributed by atoms with Crippen LogP contribution in [0.1, 0.15) is 40.5 Å². The van der Waals surface area contributed by atoms with Gasteiger partial charge in [-0.2, -0.15) is 17.9 Å². The van der Waals surface area contributed by atoms with Gasteiger partial charge in [0.05, 0.1) is 0 Å². The molecular formula is C12H26Cl2N2O2S. The number of alkyl halides is 2. The molecule has 0 saturated heterocycles. The van der Waals surface area contributed by atoms with Crippen LogP contribution in [0, 0.1) is 11.8 Å². The molecule has 0 bridgehead atoms. The summed E-state index contributed by atoms with van der Waals surface area (Å²) in [6, 6.07) is -0.511. The normalized spacial score (nSPS) is 16.0. The molecule has 116 valence electrons. The second kappa shape index (κ2) is 9.40. The average Bonchev–Trinajstić information content (AvgIpc) is 2.25. The molecule has 0 heterocycles. The first-order chi connectivity index (χ1) is 8.70. The molecule has 0 fully saturated rings. The first kappa shape index (κ1) is 19.4. The van der Waals surface area contributed by atoms with Gasteiger partial charge in [-0.05, 0) is 24.7 Å². The lowest BCUT2D eigenvalue weighted by Crippen LogP contribution is -2.48. The number of hydrogen-bond donors (Lipinski definition) is 2. The summed E-state index contributed by atoms with van der Waals surface area (Å²) < 4.78 is 29.2. The highest BCUT2D eigenvalue weighted by Gasteiger charge is 2.22. The topological polar surface area (TPSA) is 58.2 Å². The zero-order valence-electron chi connectivity index (χ0n) is 12.1. The maximum Gasteiger partial charge on any atom is 0.277 e. The van der Waals surface area contributed by atoms with Crippen molar-refractivity contribution in [1.82, 2.24) is 9.44 Å². The number of hydrogen-bond acceptors (Lipinski definition) is 2. The molecule has 0 amide bonds. The molecule has 0 radical (unpaired) electrons. The first-order valence-electron chi connectivity index (χ1n) is 6.61. The van der Waals surface area contributed by atoms with Crippen LogP contribution in [-0.2, 0) is 10.2 Å². The van der Waals surface area contributed by atoms with Gasteiger partial charge >= 0.3 is 0 Å². The van der Waals surface area contributed by atoms with Crippen LogP contribution in [0.4, 0.5) is 0 Å². The lowest BCUT2D eigenvalue weighted by Gasteiger charge is -2.22. The van der Waals surface area contributed by atoms with Crippen LogP contribution < -0.4 is 9.44 Å². The Labute approximate surface area is 127 Å². The van der Waals surface area contributed by atoms with Crippen molar-refractivity contribution in [2.24, 2.45) is 11.8 Å². The zero-order chi connectivity index (χ0) is 15.1. The van der Waals surface area contributed by atoms with Gasteiger partial charge in [-0.3, -0.25) is 0 Å². The van der Waals surface area contributed by atoms with Crippen LogP contribution >= 0.6 is 23.2 Å².